The van der Waals surface area contributed by atoms with Crippen molar-refractivity contribution in [3.63, 3.8) is 0 Å². The molecule has 1 atom stereocenters. The minimum atomic E-state index is -0.224. The molecule has 1 aromatic heterocycles. The Morgan fingerprint density at radius 2 is 1.82 bits per heavy atom. The summed E-state index contributed by atoms with van der Waals surface area (Å²) in [5.74, 6) is 0.0567. The van der Waals surface area contributed by atoms with Gasteiger partial charge in [0.25, 0.3) is 0 Å². The minimum Gasteiger partial charge on any atom is -0.356 e. The van der Waals surface area contributed by atoms with Gasteiger partial charge in [0.15, 0.2) is 5.78 Å². The molecule has 1 heterocycles. The van der Waals surface area contributed by atoms with Crippen LogP contribution in [-0.4, -0.2) is 28.5 Å². The summed E-state index contributed by atoms with van der Waals surface area (Å²) in [5, 5.41) is 4.56. The first kappa shape index (κ1) is 20.1. The molecule has 0 spiro atoms. The Hall–Kier alpha value is -2.66. The van der Waals surface area contributed by atoms with Crippen LogP contribution in [0.25, 0.3) is 10.9 Å². The highest BCUT2D eigenvalue weighted by Gasteiger charge is 2.18. The predicted octanol–water partition coefficient (Wildman–Crippen LogP) is 4.59. The smallest absolute Gasteiger partial charge is 0.216 e. The first-order valence-electron chi connectivity index (χ1n) is 9.34. The molecule has 3 aromatic rings. The highest BCUT2D eigenvalue weighted by Crippen LogP contribution is 2.28. The van der Waals surface area contributed by atoms with Gasteiger partial charge in [-0.1, -0.05) is 54.2 Å². The lowest BCUT2D eigenvalue weighted by Crippen LogP contribution is -2.22. The van der Waals surface area contributed by atoms with E-state index in [1.165, 1.54) is 18.7 Å². The summed E-state index contributed by atoms with van der Waals surface area (Å²) < 4.78 is 0. The maximum atomic E-state index is 12.8. The second kappa shape index (κ2) is 9.02. The summed E-state index contributed by atoms with van der Waals surface area (Å²) in [7, 11) is 0. The van der Waals surface area contributed by atoms with Crippen molar-refractivity contribution in [3.8, 4) is 0 Å². The second-order valence-corrected chi connectivity index (χ2v) is 8.21. The number of rotatable bonds is 7. The fourth-order valence-electron chi connectivity index (χ4n) is 3.07. The van der Waals surface area contributed by atoms with Crippen LogP contribution in [0.15, 0.2) is 59.6 Å². The molecule has 4 nitrogen and oxygen atoms in total. The van der Waals surface area contributed by atoms with Crippen LogP contribution in [0.1, 0.15) is 35.3 Å². The molecular formula is C23H24N2O2S. The number of carbonyl (C=O) groups is 2. The zero-order valence-corrected chi connectivity index (χ0v) is 17.2. The number of hydrogen-bond acceptors (Lipinski definition) is 4. The molecule has 0 fully saturated rings. The number of ketones is 1. The highest BCUT2D eigenvalue weighted by atomic mass is 32.2. The molecule has 0 aliphatic carbocycles. The highest BCUT2D eigenvalue weighted by molar-refractivity contribution is 8.00. The average Bonchev–Trinajstić information content (AvgIpc) is 2.68. The predicted molar refractivity (Wildman–Crippen MR) is 115 cm³/mol. The van der Waals surface area contributed by atoms with Crippen molar-refractivity contribution in [1.82, 2.24) is 10.3 Å². The van der Waals surface area contributed by atoms with Crippen molar-refractivity contribution >= 4 is 34.4 Å². The molecule has 28 heavy (non-hydrogen) atoms. The molecule has 0 aliphatic rings. The van der Waals surface area contributed by atoms with Gasteiger partial charge in [-0.15, -0.1) is 0 Å². The van der Waals surface area contributed by atoms with Crippen LogP contribution >= 0.6 is 11.8 Å². The van der Waals surface area contributed by atoms with Crippen LogP contribution in [0.5, 0.6) is 0 Å². The number of Topliss-reactive ketones (excluding diaryl/α,β-unsaturated/α-hetero) is 1. The number of thioether (sulfide) groups is 1. The van der Waals surface area contributed by atoms with E-state index in [4.69, 9.17) is 4.98 Å². The first-order chi connectivity index (χ1) is 13.4. The number of amides is 1. The molecule has 3 rings (SSSR count). The number of para-hydroxylation sites is 1. The van der Waals surface area contributed by atoms with E-state index < -0.39 is 0 Å². The maximum absolute atomic E-state index is 12.8. The lowest BCUT2D eigenvalue weighted by molar-refractivity contribution is -0.118. The number of benzene rings is 2. The molecule has 1 amide bonds. The van der Waals surface area contributed by atoms with Gasteiger partial charge in [-0.05, 0) is 43.5 Å². The van der Waals surface area contributed by atoms with Gasteiger partial charge in [0, 0.05) is 24.4 Å². The van der Waals surface area contributed by atoms with Crippen LogP contribution < -0.4 is 5.32 Å². The Morgan fingerprint density at radius 1 is 1.11 bits per heavy atom. The van der Waals surface area contributed by atoms with Crippen molar-refractivity contribution in [1.29, 1.82) is 0 Å². The first-order valence-corrected chi connectivity index (χ1v) is 10.2. The number of aromatic nitrogens is 1. The van der Waals surface area contributed by atoms with Crippen LogP contribution in [0.4, 0.5) is 0 Å². The summed E-state index contributed by atoms with van der Waals surface area (Å²) in [5.41, 5.74) is 3.91. The topological polar surface area (TPSA) is 59.1 Å². The Labute approximate surface area is 169 Å². The Balaban J connectivity index is 1.66. The molecule has 1 N–H and O–H groups in total. The van der Waals surface area contributed by atoms with Gasteiger partial charge in [0.05, 0.1) is 15.8 Å². The van der Waals surface area contributed by atoms with Crippen LogP contribution in [-0.2, 0) is 11.2 Å². The van der Waals surface area contributed by atoms with Gasteiger partial charge in [0.1, 0.15) is 0 Å². The zero-order valence-electron chi connectivity index (χ0n) is 16.4. The zero-order chi connectivity index (χ0) is 20.1. The van der Waals surface area contributed by atoms with Gasteiger partial charge >= 0.3 is 0 Å². The Kier molecular flexibility index (Phi) is 6.47. The molecule has 0 saturated carbocycles. The molecule has 5 heteroatoms. The normalized spacial score (nSPS) is 12.0. The van der Waals surface area contributed by atoms with Crippen molar-refractivity contribution in [2.75, 3.05) is 6.54 Å². The lowest BCUT2D eigenvalue weighted by atomic mass is 10.0. The number of pyridine rings is 1. The lowest BCUT2D eigenvalue weighted by Gasteiger charge is -2.12. The van der Waals surface area contributed by atoms with Crippen LogP contribution in [0, 0.1) is 6.92 Å². The summed E-state index contributed by atoms with van der Waals surface area (Å²) in [4.78, 5) is 28.4. The van der Waals surface area contributed by atoms with Crippen LogP contribution in [0.2, 0.25) is 0 Å². The van der Waals surface area contributed by atoms with E-state index in [0.717, 1.165) is 33.5 Å². The van der Waals surface area contributed by atoms with E-state index in [1.807, 2.05) is 55.5 Å². The molecule has 0 bridgehead atoms. The number of nitrogens with zero attached hydrogens (tertiary/aromatic N) is 1. The van der Waals surface area contributed by atoms with Gasteiger partial charge in [-0.3, -0.25) is 9.59 Å². The third-order valence-corrected chi connectivity index (χ3v) is 5.61. The van der Waals surface area contributed by atoms with Gasteiger partial charge in [-0.25, -0.2) is 4.98 Å². The third kappa shape index (κ3) is 4.98. The van der Waals surface area contributed by atoms with E-state index >= 15 is 0 Å². The molecule has 0 saturated heterocycles. The standard InChI is InChI=1S/C23H24N2O2S/c1-15-14-22(25-21-7-5-4-6-20(15)21)28-16(2)23(27)19-10-8-18(9-11-19)12-13-24-17(3)26/h4-11,14,16H,12-13H2,1-3H3,(H,24,26). The Morgan fingerprint density at radius 3 is 2.54 bits per heavy atom. The van der Waals surface area contributed by atoms with Gasteiger partial charge < -0.3 is 5.32 Å². The van der Waals surface area contributed by atoms with E-state index in [0.29, 0.717) is 12.1 Å². The minimum absolute atomic E-state index is 0.0322. The quantitative estimate of drug-likeness (QED) is 0.472. The third-order valence-electron chi connectivity index (χ3n) is 4.59. The summed E-state index contributed by atoms with van der Waals surface area (Å²) >= 11 is 1.49. The summed E-state index contributed by atoms with van der Waals surface area (Å²) in [6.07, 6.45) is 0.749. The number of fused-ring (bicyclic) bond motifs is 1. The average molecular weight is 393 g/mol. The molecule has 2 aromatic carbocycles. The van der Waals surface area contributed by atoms with E-state index in [-0.39, 0.29) is 16.9 Å². The number of nitrogens with one attached hydrogen (secondary N) is 1. The molecular weight excluding hydrogens is 368 g/mol. The van der Waals surface area contributed by atoms with Gasteiger partial charge in [0.2, 0.25) is 5.91 Å². The molecule has 0 aliphatic heterocycles. The number of hydrogen-bond donors (Lipinski definition) is 1. The summed E-state index contributed by atoms with van der Waals surface area (Å²) in [6, 6.07) is 17.7. The maximum Gasteiger partial charge on any atom is 0.216 e. The fraction of sp³-hybridized carbons (Fsp3) is 0.261. The van der Waals surface area contributed by atoms with Crippen molar-refractivity contribution in [2.45, 2.75) is 37.5 Å². The summed E-state index contributed by atoms with van der Waals surface area (Å²) in [6.45, 7) is 6.10. The van der Waals surface area contributed by atoms with Crippen molar-refractivity contribution < 1.29 is 9.59 Å². The molecule has 0 radical (unpaired) electrons. The SMILES string of the molecule is CC(=O)NCCc1ccc(C(=O)C(C)Sc2cc(C)c3ccccc3n2)cc1. The van der Waals surface area contributed by atoms with E-state index in [9.17, 15) is 9.59 Å². The monoisotopic (exact) mass is 392 g/mol. The Bertz CT molecular complexity index is 999. The molecule has 144 valence electrons. The number of aryl methyl sites for hydroxylation is 1. The fourth-order valence-corrected chi connectivity index (χ4v) is 4.07. The van der Waals surface area contributed by atoms with Crippen molar-refractivity contribution in [2.24, 2.45) is 0 Å². The van der Waals surface area contributed by atoms with Gasteiger partial charge in [-0.2, -0.15) is 0 Å². The number of carbonyl (C=O) groups excluding carboxylic acids is 2. The van der Waals surface area contributed by atoms with E-state index in [2.05, 4.69) is 18.3 Å². The van der Waals surface area contributed by atoms with Crippen molar-refractivity contribution in [3.05, 3.63) is 71.3 Å². The molecule has 1 unspecified atom stereocenters. The largest absolute Gasteiger partial charge is 0.356 e. The van der Waals surface area contributed by atoms with E-state index in [1.54, 1.807) is 0 Å². The second-order valence-electron chi connectivity index (χ2n) is 6.85. The van der Waals surface area contributed by atoms with Crippen LogP contribution in [0.3, 0.4) is 0 Å².